The van der Waals surface area contributed by atoms with E-state index in [1.54, 1.807) is 7.11 Å². The third-order valence-corrected chi connectivity index (χ3v) is 5.23. The maximum absolute atomic E-state index is 11.8. The Hall–Kier alpha value is -0.650. The molecule has 3 fully saturated rings. The number of hydrogen-bond acceptors (Lipinski definition) is 4. The molecule has 0 bridgehead atoms. The van der Waals surface area contributed by atoms with Crippen LogP contribution in [0, 0.1) is 0 Å². The van der Waals surface area contributed by atoms with Crippen molar-refractivity contribution in [1.29, 1.82) is 0 Å². The minimum Gasteiger partial charge on any atom is -0.375 e. The van der Waals surface area contributed by atoms with Crippen LogP contribution in [0.1, 0.15) is 39.0 Å². The number of nitrogens with zero attached hydrogens (tertiary/aromatic N) is 2. The number of nitrogens with one attached hydrogen (secondary N) is 1. The average molecular weight is 295 g/mol. The first-order valence-corrected chi connectivity index (χ1v) is 8.46. The van der Waals surface area contributed by atoms with Crippen molar-refractivity contribution in [1.82, 2.24) is 15.1 Å². The monoisotopic (exact) mass is 295 g/mol. The Labute approximate surface area is 128 Å². The van der Waals surface area contributed by atoms with Gasteiger partial charge in [0.2, 0.25) is 5.91 Å². The minimum absolute atomic E-state index is 0.130. The molecule has 1 saturated carbocycles. The number of ether oxygens (including phenoxy) is 1. The zero-order valence-electron chi connectivity index (χ0n) is 13.4. The second-order valence-electron chi connectivity index (χ2n) is 6.96. The highest BCUT2D eigenvalue weighted by Crippen LogP contribution is 2.33. The largest absolute Gasteiger partial charge is 0.375 e. The minimum atomic E-state index is 0.130. The molecule has 120 valence electrons. The van der Waals surface area contributed by atoms with Gasteiger partial charge in [0.05, 0.1) is 0 Å². The fraction of sp³-hybridized carbons (Fsp3) is 0.938. The number of amides is 1. The smallest absolute Gasteiger partial charge is 0.248 e. The predicted molar refractivity (Wildman–Crippen MR) is 82.2 cm³/mol. The highest BCUT2D eigenvalue weighted by Gasteiger charge is 2.39. The van der Waals surface area contributed by atoms with Crippen LogP contribution in [0.3, 0.4) is 0 Å². The van der Waals surface area contributed by atoms with Gasteiger partial charge in [-0.15, -0.1) is 0 Å². The van der Waals surface area contributed by atoms with Gasteiger partial charge >= 0.3 is 0 Å². The molecule has 2 aliphatic heterocycles. The molecule has 3 aliphatic rings. The van der Waals surface area contributed by atoms with E-state index in [9.17, 15) is 4.79 Å². The Morgan fingerprint density at radius 2 is 1.90 bits per heavy atom. The van der Waals surface area contributed by atoms with Crippen molar-refractivity contribution in [2.45, 2.75) is 63.2 Å². The van der Waals surface area contributed by atoms with E-state index in [0.29, 0.717) is 12.1 Å². The van der Waals surface area contributed by atoms with Gasteiger partial charge in [0.25, 0.3) is 0 Å². The number of carbonyl (C=O) groups excluding carboxylic acids is 1. The lowest BCUT2D eigenvalue weighted by atomic mass is 10.0. The Morgan fingerprint density at radius 3 is 2.52 bits per heavy atom. The Kier molecular flexibility index (Phi) is 4.82. The van der Waals surface area contributed by atoms with Crippen LogP contribution in [0.15, 0.2) is 0 Å². The first-order valence-electron chi connectivity index (χ1n) is 8.46. The summed E-state index contributed by atoms with van der Waals surface area (Å²) in [6, 6.07) is 2.83. The Bertz CT molecular complexity index is 365. The van der Waals surface area contributed by atoms with Gasteiger partial charge in [0.15, 0.2) is 0 Å². The normalized spacial score (nSPS) is 31.8. The molecule has 0 aromatic carbocycles. The van der Waals surface area contributed by atoms with Crippen molar-refractivity contribution in [2.75, 3.05) is 33.4 Å². The maximum atomic E-state index is 11.8. The number of piperidine rings is 1. The van der Waals surface area contributed by atoms with E-state index in [4.69, 9.17) is 4.74 Å². The topological polar surface area (TPSA) is 44.8 Å². The number of rotatable bonds is 5. The van der Waals surface area contributed by atoms with Crippen molar-refractivity contribution >= 4 is 5.91 Å². The van der Waals surface area contributed by atoms with Crippen LogP contribution in [-0.4, -0.2) is 73.2 Å². The predicted octanol–water partition coefficient (Wildman–Crippen LogP) is 0.839. The van der Waals surface area contributed by atoms with Crippen molar-refractivity contribution in [3.05, 3.63) is 0 Å². The molecule has 1 N–H and O–H groups in total. The molecule has 0 aromatic heterocycles. The Morgan fingerprint density at radius 1 is 1.19 bits per heavy atom. The lowest BCUT2D eigenvalue weighted by molar-refractivity contribution is -0.136. The fourth-order valence-electron chi connectivity index (χ4n) is 3.94. The van der Waals surface area contributed by atoms with Gasteiger partial charge in [-0.2, -0.15) is 0 Å². The third kappa shape index (κ3) is 3.76. The summed E-state index contributed by atoms with van der Waals surface area (Å²) in [5, 5.41) is 3.84. The van der Waals surface area contributed by atoms with Gasteiger partial charge in [-0.3, -0.25) is 9.69 Å². The van der Waals surface area contributed by atoms with Crippen molar-refractivity contribution < 1.29 is 9.53 Å². The van der Waals surface area contributed by atoms with Crippen LogP contribution >= 0.6 is 0 Å². The zero-order chi connectivity index (χ0) is 14.8. The van der Waals surface area contributed by atoms with Crippen LogP contribution in [0.25, 0.3) is 0 Å². The van der Waals surface area contributed by atoms with Crippen LogP contribution in [0.5, 0.6) is 0 Å². The number of hydrogen-bond donors (Lipinski definition) is 1. The van der Waals surface area contributed by atoms with Crippen molar-refractivity contribution in [3.8, 4) is 0 Å². The van der Waals surface area contributed by atoms with E-state index in [2.05, 4.69) is 17.1 Å². The highest BCUT2D eigenvalue weighted by molar-refractivity contribution is 5.77. The summed E-state index contributed by atoms with van der Waals surface area (Å²) in [4.78, 5) is 16.4. The van der Waals surface area contributed by atoms with Crippen molar-refractivity contribution in [3.63, 3.8) is 0 Å². The summed E-state index contributed by atoms with van der Waals surface area (Å²) in [6.45, 7) is 5.54. The van der Waals surface area contributed by atoms with E-state index in [1.165, 1.54) is 25.8 Å². The van der Waals surface area contributed by atoms with Crippen LogP contribution in [0.4, 0.5) is 0 Å². The quantitative estimate of drug-likeness (QED) is 0.816. The molecule has 21 heavy (non-hydrogen) atoms. The number of likely N-dealkylation sites (tertiary alicyclic amines) is 2. The van der Waals surface area contributed by atoms with E-state index in [0.717, 1.165) is 38.0 Å². The molecule has 2 unspecified atom stereocenters. The standard InChI is InChI=1S/C16H29N3O2/c1-12-9-14(10-19(12)15-3-4-15)17-13-5-7-18(8-6-13)16(20)11-21-2/h12-15,17H,3-11H2,1-2H3. The van der Waals surface area contributed by atoms with Gasteiger partial charge in [-0.1, -0.05) is 0 Å². The summed E-state index contributed by atoms with van der Waals surface area (Å²) in [6.07, 6.45) is 6.22. The summed E-state index contributed by atoms with van der Waals surface area (Å²) in [5.74, 6) is 0.130. The van der Waals surface area contributed by atoms with Crippen molar-refractivity contribution in [2.24, 2.45) is 0 Å². The summed E-state index contributed by atoms with van der Waals surface area (Å²) >= 11 is 0. The summed E-state index contributed by atoms with van der Waals surface area (Å²) < 4.78 is 4.93. The fourth-order valence-corrected chi connectivity index (χ4v) is 3.94. The van der Waals surface area contributed by atoms with Crippen LogP contribution in [-0.2, 0) is 9.53 Å². The second kappa shape index (κ2) is 6.63. The molecule has 1 aliphatic carbocycles. The van der Waals surface area contributed by atoms with Crippen LogP contribution in [0.2, 0.25) is 0 Å². The molecule has 0 spiro atoms. The lowest BCUT2D eigenvalue weighted by Gasteiger charge is -2.33. The molecule has 3 rings (SSSR count). The van der Waals surface area contributed by atoms with Gasteiger partial charge in [-0.25, -0.2) is 0 Å². The average Bonchev–Trinajstić information content (AvgIpc) is 3.24. The molecule has 5 heteroatoms. The van der Waals surface area contributed by atoms with E-state index >= 15 is 0 Å². The van der Waals surface area contributed by atoms with Gasteiger partial charge in [0, 0.05) is 50.9 Å². The highest BCUT2D eigenvalue weighted by atomic mass is 16.5. The first kappa shape index (κ1) is 15.3. The number of carbonyl (C=O) groups is 1. The van der Waals surface area contributed by atoms with E-state index in [-0.39, 0.29) is 12.5 Å². The molecule has 2 saturated heterocycles. The van der Waals surface area contributed by atoms with Crippen LogP contribution < -0.4 is 5.32 Å². The van der Waals surface area contributed by atoms with E-state index < -0.39 is 0 Å². The maximum Gasteiger partial charge on any atom is 0.248 e. The van der Waals surface area contributed by atoms with Gasteiger partial charge in [0.1, 0.15) is 6.61 Å². The lowest BCUT2D eigenvalue weighted by Crippen LogP contribution is -2.49. The second-order valence-corrected chi connectivity index (χ2v) is 6.96. The molecule has 2 heterocycles. The van der Waals surface area contributed by atoms with Gasteiger partial charge < -0.3 is 15.0 Å². The molecule has 0 aromatic rings. The first-order chi connectivity index (χ1) is 10.2. The summed E-state index contributed by atoms with van der Waals surface area (Å²) in [7, 11) is 1.58. The molecular formula is C16H29N3O2. The molecule has 5 nitrogen and oxygen atoms in total. The van der Waals surface area contributed by atoms with Gasteiger partial charge in [-0.05, 0) is 39.0 Å². The number of methoxy groups -OCH3 is 1. The Balaban J connectivity index is 1.40. The summed E-state index contributed by atoms with van der Waals surface area (Å²) in [5.41, 5.74) is 0. The zero-order valence-corrected chi connectivity index (χ0v) is 13.4. The molecule has 2 atom stereocenters. The molecular weight excluding hydrogens is 266 g/mol. The molecule has 1 amide bonds. The van der Waals surface area contributed by atoms with E-state index in [1.807, 2.05) is 4.90 Å². The third-order valence-electron chi connectivity index (χ3n) is 5.23. The SMILES string of the molecule is COCC(=O)N1CCC(NC2CC(C)N(C3CC3)C2)CC1. The molecule has 0 radical (unpaired) electrons.